The zero-order valence-electron chi connectivity index (χ0n) is 10.8. The van der Waals surface area contributed by atoms with E-state index in [1.165, 1.54) is 6.33 Å². The van der Waals surface area contributed by atoms with E-state index in [-0.39, 0.29) is 0 Å². The molecule has 0 aliphatic carbocycles. The van der Waals surface area contributed by atoms with E-state index >= 15 is 0 Å². The highest BCUT2D eigenvalue weighted by Crippen LogP contribution is 2.09. The molecule has 0 bridgehead atoms. The largest absolute Gasteiger partial charge is 0.463 e. The molecule has 3 aromatic heterocycles. The Morgan fingerprint density at radius 2 is 2.35 bits per heavy atom. The van der Waals surface area contributed by atoms with Gasteiger partial charge in [0.1, 0.15) is 12.1 Å². The number of hydrazone groups is 1. The second-order valence-electron chi connectivity index (χ2n) is 4.11. The number of hydrogen-bond donors (Lipinski definition) is 1. The summed E-state index contributed by atoms with van der Waals surface area (Å²) in [5.74, 6) is 1.91. The summed E-state index contributed by atoms with van der Waals surface area (Å²) >= 11 is 0. The Balaban J connectivity index is 1.74. The van der Waals surface area contributed by atoms with Crippen molar-refractivity contribution < 1.29 is 4.42 Å². The van der Waals surface area contributed by atoms with E-state index in [0.29, 0.717) is 17.4 Å². The minimum absolute atomic E-state index is 0.575. The lowest BCUT2D eigenvalue weighted by Gasteiger charge is -2.02. The van der Waals surface area contributed by atoms with Crippen LogP contribution in [0.3, 0.4) is 0 Å². The van der Waals surface area contributed by atoms with Gasteiger partial charge in [0.25, 0.3) is 0 Å². The van der Waals surface area contributed by atoms with Crippen LogP contribution in [0, 0.1) is 6.92 Å². The molecule has 0 spiro atoms. The summed E-state index contributed by atoms with van der Waals surface area (Å²) in [4.78, 5) is 8.24. The van der Waals surface area contributed by atoms with Gasteiger partial charge in [0.15, 0.2) is 11.6 Å². The fourth-order valence-electron chi connectivity index (χ4n) is 1.60. The molecule has 3 aromatic rings. The van der Waals surface area contributed by atoms with Gasteiger partial charge in [-0.05, 0) is 24.6 Å². The van der Waals surface area contributed by atoms with Gasteiger partial charge in [-0.15, -0.1) is 0 Å². The molecule has 0 atom stereocenters. The fraction of sp³-hybridized carbons (Fsp3) is 0.0769. The first-order valence-electron chi connectivity index (χ1n) is 5.97. The molecule has 3 rings (SSSR count). The van der Waals surface area contributed by atoms with Crippen molar-refractivity contribution in [3.8, 4) is 5.82 Å². The lowest BCUT2D eigenvalue weighted by Crippen LogP contribution is -2.01. The van der Waals surface area contributed by atoms with E-state index in [1.54, 1.807) is 35.5 Å². The molecule has 0 radical (unpaired) electrons. The minimum atomic E-state index is 0.575. The summed E-state index contributed by atoms with van der Waals surface area (Å²) < 4.78 is 6.81. The molecule has 3 heterocycles. The van der Waals surface area contributed by atoms with Gasteiger partial charge in [-0.25, -0.2) is 14.6 Å². The normalized spacial score (nSPS) is 11.1. The van der Waals surface area contributed by atoms with Gasteiger partial charge in [0.05, 0.1) is 18.7 Å². The second-order valence-corrected chi connectivity index (χ2v) is 4.11. The SMILES string of the molecule is Cc1cnn(-c2cc(NN=Cc3ccco3)ncn2)c1. The third-order valence-corrected chi connectivity index (χ3v) is 2.51. The van der Waals surface area contributed by atoms with Gasteiger partial charge in [0, 0.05) is 12.3 Å². The Morgan fingerprint density at radius 1 is 1.40 bits per heavy atom. The molecule has 7 heteroatoms. The number of nitrogens with zero attached hydrogens (tertiary/aromatic N) is 5. The van der Waals surface area contributed by atoms with Crippen molar-refractivity contribution in [3.63, 3.8) is 0 Å². The predicted octanol–water partition coefficient (Wildman–Crippen LogP) is 2.01. The van der Waals surface area contributed by atoms with E-state index in [9.17, 15) is 0 Å². The standard InChI is InChI=1S/C13H12N6O/c1-10-6-17-19(8-10)13-5-12(14-9-15-13)18-16-7-11-3-2-4-20-11/h2-9H,1H3,(H,14,15,18). The zero-order chi connectivity index (χ0) is 13.8. The number of aryl methyl sites for hydroxylation is 1. The molecule has 0 amide bonds. The maximum absolute atomic E-state index is 5.13. The third-order valence-electron chi connectivity index (χ3n) is 2.51. The van der Waals surface area contributed by atoms with Gasteiger partial charge < -0.3 is 4.42 Å². The number of furan rings is 1. The molecule has 0 saturated heterocycles. The Hall–Kier alpha value is -2.96. The average Bonchev–Trinajstić information content (AvgIpc) is 3.11. The third kappa shape index (κ3) is 2.72. The van der Waals surface area contributed by atoms with Crippen LogP contribution >= 0.6 is 0 Å². The molecule has 0 aromatic carbocycles. The highest BCUT2D eigenvalue weighted by Gasteiger charge is 2.01. The molecule has 0 fully saturated rings. The molecule has 1 N–H and O–H groups in total. The van der Waals surface area contributed by atoms with Crippen LogP contribution in [0.25, 0.3) is 5.82 Å². The van der Waals surface area contributed by atoms with Crippen molar-refractivity contribution in [3.05, 3.63) is 54.5 Å². The van der Waals surface area contributed by atoms with E-state index in [1.807, 2.05) is 19.2 Å². The molecular formula is C13H12N6O. The first-order valence-corrected chi connectivity index (χ1v) is 5.97. The van der Waals surface area contributed by atoms with Gasteiger partial charge in [-0.2, -0.15) is 10.2 Å². The average molecular weight is 268 g/mol. The quantitative estimate of drug-likeness (QED) is 0.578. The Bertz CT molecular complexity index is 716. The van der Waals surface area contributed by atoms with Crippen LogP contribution < -0.4 is 5.43 Å². The highest BCUT2D eigenvalue weighted by molar-refractivity contribution is 5.76. The van der Waals surface area contributed by atoms with Gasteiger partial charge >= 0.3 is 0 Å². The van der Waals surface area contributed by atoms with E-state index in [0.717, 1.165) is 5.56 Å². The Kier molecular flexibility index (Phi) is 3.24. The summed E-state index contributed by atoms with van der Waals surface area (Å²) in [6.07, 6.45) is 8.27. The molecular weight excluding hydrogens is 256 g/mol. The molecule has 0 unspecified atom stereocenters. The molecule has 20 heavy (non-hydrogen) atoms. The van der Waals surface area contributed by atoms with E-state index in [4.69, 9.17) is 4.42 Å². The van der Waals surface area contributed by atoms with Crippen molar-refractivity contribution >= 4 is 12.0 Å². The number of rotatable bonds is 4. The number of aromatic nitrogens is 4. The van der Waals surface area contributed by atoms with Crippen LogP contribution in [-0.2, 0) is 0 Å². The Morgan fingerprint density at radius 3 is 3.10 bits per heavy atom. The van der Waals surface area contributed by atoms with E-state index < -0.39 is 0 Å². The molecule has 0 aliphatic heterocycles. The topological polar surface area (TPSA) is 81.1 Å². The maximum atomic E-state index is 5.13. The smallest absolute Gasteiger partial charge is 0.158 e. The first-order chi connectivity index (χ1) is 9.81. The van der Waals surface area contributed by atoms with Crippen LogP contribution in [0.4, 0.5) is 5.82 Å². The predicted molar refractivity (Wildman–Crippen MR) is 73.8 cm³/mol. The van der Waals surface area contributed by atoms with Crippen molar-refractivity contribution in [2.45, 2.75) is 6.92 Å². The summed E-state index contributed by atoms with van der Waals surface area (Å²) in [5.41, 5.74) is 3.88. The van der Waals surface area contributed by atoms with Crippen molar-refractivity contribution in [2.24, 2.45) is 5.10 Å². The van der Waals surface area contributed by atoms with Gasteiger partial charge in [0.2, 0.25) is 0 Å². The summed E-state index contributed by atoms with van der Waals surface area (Å²) in [6, 6.07) is 5.36. The summed E-state index contributed by atoms with van der Waals surface area (Å²) in [7, 11) is 0. The molecule has 100 valence electrons. The second kappa shape index (κ2) is 5.35. The van der Waals surface area contributed by atoms with Crippen molar-refractivity contribution in [2.75, 3.05) is 5.43 Å². The van der Waals surface area contributed by atoms with Crippen LogP contribution in [0.2, 0.25) is 0 Å². The first kappa shape index (κ1) is 12.1. The fourth-order valence-corrected chi connectivity index (χ4v) is 1.60. The summed E-state index contributed by atoms with van der Waals surface area (Å²) in [5, 5.41) is 8.23. The van der Waals surface area contributed by atoms with Crippen LogP contribution in [0.5, 0.6) is 0 Å². The van der Waals surface area contributed by atoms with Crippen molar-refractivity contribution in [1.82, 2.24) is 19.7 Å². The molecule has 0 saturated carbocycles. The highest BCUT2D eigenvalue weighted by atomic mass is 16.3. The van der Waals surface area contributed by atoms with Crippen LogP contribution in [0.15, 0.2) is 52.7 Å². The van der Waals surface area contributed by atoms with Gasteiger partial charge in [-0.3, -0.25) is 5.43 Å². The van der Waals surface area contributed by atoms with E-state index in [2.05, 4.69) is 25.6 Å². The van der Waals surface area contributed by atoms with Gasteiger partial charge in [-0.1, -0.05) is 0 Å². The lowest BCUT2D eigenvalue weighted by molar-refractivity contribution is 0.560. The van der Waals surface area contributed by atoms with Crippen LogP contribution in [-0.4, -0.2) is 26.0 Å². The Labute approximate surface area is 115 Å². The zero-order valence-corrected chi connectivity index (χ0v) is 10.8. The monoisotopic (exact) mass is 268 g/mol. The number of hydrogen-bond acceptors (Lipinski definition) is 6. The maximum Gasteiger partial charge on any atom is 0.158 e. The van der Waals surface area contributed by atoms with Crippen molar-refractivity contribution in [1.29, 1.82) is 0 Å². The molecule has 0 aliphatic rings. The molecule has 7 nitrogen and oxygen atoms in total. The minimum Gasteiger partial charge on any atom is -0.463 e. The lowest BCUT2D eigenvalue weighted by atomic mass is 10.4. The number of nitrogens with one attached hydrogen (secondary N) is 1. The summed E-state index contributed by atoms with van der Waals surface area (Å²) in [6.45, 7) is 1.97. The van der Waals surface area contributed by atoms with Crippen LogP contribution in [0.1, 0.15) is 11.3 Å². The number of anilines is 1.